The van der Waals surface area contributed by atoms with Crippen LogP contribution in [-0.4, -0.2) is 79.8 Å². The van der Waals surface area contributed by atoms with Crippen molar-refractivity contribution < 1.29 is 33.0 Å². The summed E-state index contributed by atoms with van der Waals surface area (Å²) < 4.78 is 40.0. The summed E-state index contributed by atoms with van der Waals surface area (Å²) in [6.07, 6.45) is -4.33. The summed E-state index contributed by atoms with van der Waals surface area (Å²) in [5.41, 5.74) is 0.105. The number of fused-ring (bicyclic) bond motifs is 1. The van der Waals surface area contributed by atoms with Crippen LogP contribution >= 0.6 is 0 Å². The zero-order valence-corrected chi connectivity index (χ0v) is 14.0. The first-order chi connectivity index (χ1) is 11.7. The van der Waals surface area contributed by atoms with Crippen LogP contribution in [-0.2, 0) is 19.9 Å². The summed E-state index contributed by atoms with van der Waals surface area (Å²) in [6, 6.07) is 0. The molecule has 1 aliphatic rings. The van der Waals surface area contributed by atoms with Gasteiger partial charge in [0.05, 0.1) is 6.61 Å². The molecule has 12 nitrogen and oxygen atoms in total. The van der Waals surface area contributed by atoms with E-state index in [4.69, 9.17) is 4.74 Å². The number of aliphatic hydroxyl groups excluding tert-OH is 3. The first-order valence-electron chi connectivity index (χ1n) is 7.19. The van der Waals surface area contributed by atoms with Gasteiger partial charge in [-0.1, -0.05) is 0 Å². The molecule has 138 valence electrons. The average molecular weight is 375 g/mol. The molecule has 4 atom stereocenters. The van der Waals surface area contributed by atoms with Crippen LogP contribution in [0.25, 0.3) is 11.2 Å². The fourth-order valence-electron chi connectivity index (χ4n) is 2.87. The van der Waals surface area contributed by atoms with Crippen LogP contribution in [0.3, 0.4) is 0 Å². The molecule has 1 fully saturated rings. The van der Waals surface area contributed by atoms with Crippen molar-refractivity contribution in [3.8, 4) is 0 Å². The molecule has 0 radical (unpaired) electrons. The normalized spacial score (nSPS) is 30.1. The van der Waals surface area contributed by atoms with Gasteiger partial charge in [0.25, 0.3) is 0 Å². The minimum Gasteiger partial charge on any atom is -0.394 e. The Morgan fingerprint density at radius 2 is 2.08 bits per heavy atom. The van der Waals surface area contributed by atoms with Crippen molar-refractivity contribution in [2.75, 3.05) is 19.0 Å². The van der Waals surface area contributed by atoms with Gasteiger partial charge in [0.2, 0.25) is 0 Å². The average Bonchev–Trinajstić information content (AvgIpc) is 3.07. The first kappa shape index (κ1) is 17.9. The van der Waals surface area contributed by atoms with Gasteiger partial charge in [-0.15, -0.1) is 0 Å². The van der Waals surface area contributed by atoms with Gasteiger partial charge in [-0.3, -0.25) is 9.12 Å². The molecular formula is C12H17N5O7S. The van der Waals surface area contributed by atoms with Gasteiger partial charge in [-0.2, -0.15) is 8.42 Å². The van der Waals surface area contributed by atoms with Crippen molar-refractivity contribution in [3.63, 3.8) is 0 Å². The number of aromatic nitrogens is 4. The molecule has 13 heteroatoms. The molecule has 25 heavy (non-hydrogen) atoms. The third-order valence-electron chi connectivity index (χ3n) is 4.03. The highest BCUT2D eigenvalue weighted by Crippen LogP contribution is 2.41. The van der Waals surface area contributed by atoms with E-state index in [1.165, 1.54) is 0 Å². The quantitative estimate of drug-likeness (QED) is 0.365. The molecule has 5 N–H and O–H groups in total. The molecular weight excluding hydrogens is 358 g/mol. The van der Waals surface area contributed by atoms with Gasteiger partial charge < -0.3 is 25.4 Å². The summed E-state index contributed by atoms with van der Waals surface area (Å²) in [4.78, 5) is 12.2. The zero-order valence-electron chi connectivity index (χ0n) is 13.2. The van der Waals surface area contributed by atoms with E-state index in [1.54, 1.807) is 14.0 Å². The lowest BCUT2D eigenvalue weighted by atomic mass is 10.1. The van der Waals surface area contributed by atoms with Gasteiger partial charge >= 0.3 is 15.2 Å². The molecule has 1 saturated heterocycles. The maximum atomic E-state index is 12.1. The lowest BCUT2D eigenvalue weighted by Crippen LogP contribution is -2.51. The van der Waals surface area contributed by atoms with Crippen LogP contribution in [0, 0.1) is 6.92 Å². The van der Waals surface area contributed by atoms with E-state index >= 15 is 0 Å². The van der Waals surface area contributed by atoms with Gasteiger partial charge in [0, 0.05) is 7.05 Å². The summed E-state index contributed by atoms with van der Waals surface area (Å²) in [6.45, 7) is 0.771. The van der Waals surface area contributed by atoms with Crippen molar-refractivity contribution in [2.45, 2.75) is 30.3 Å². The zero-order chi connectivity index (χ0) is 18.6. The summed E-state index contributed by atoms with van der Waals surface area (Å²) >= 11 is 0. The number of nitrogens with one attached hydrogen (secondary N) is 1. The molecule has 3 rings (SSSR count). The molecule has 0 aliphatic carbocycles. The minimum absolute atomic E-state index is 0.0562. The Morgan fingerprint density at radius 1 is 1.40 bits per heavy atom. The Kier molecular flexibility index (Phi) is 4.17. The number of aliphatic hydroxyl groups is 3. The van der Waals surface area contributed by atoms with Gasteiger partial charge in [0.15, 0.2) is 17.0 Å². The van der Waals surface area contributed by atoms with Crippen LogP contribution in [0.4, 0.5) is 5.82 Å². The van der Waals surface area contributed by atoms with Crippen molar-refractivity contribution in [1.29, 1.82) is 0 Å². The topological polar surface area (TPSA) is 180 Å². The Labute approximate surface area is 141 Å². The van der Waals surface area contributed by atoms with Crippen LogP contribution in [0.2, 0.25) is 0 Å². The van der Waals surface area contributed by atoms with Crippen LogP contribution in [0.5, 0.6) is 0 Å². The van der Waals surface area contributed by atoms with E-state index in [9.17, 15) is 28.3 Å². The van der Waals surface area contributed by atoms with E-state index in [0.717, 1.165) is 10.9 Å². The smallest absolute Gasteiger partial charge is 0.318 e. The number of anilines is 1. The van der Waals surface area contributed by atoms with Gasteiger partial charge in [-0.05, 0) is 6.92 Å². The summed E-state index contributed by atoms with van der Waals surface area (Å²) in [5, 5.41) is 29.5. The molecule has 0 amide bonds. The number of ether oxygens (including phenoxy) is 1. The molecule has 0 saturated carbocycles. The van der Waals surface area contributed by atoms with E-state index in [1.807, 2.05) is 0 Å². The highest BCUT2D eigenvalue weighted by molar-refractivity contribution is 7.86. The monoisotopic (exact) mass is 375 g/mol. The molecule has 0 bridgehead atoms. The third-order valence-corrected chi connectivity index (χ3v) is 5.30. The van der Waals surface area contributed by atoms with Crippen molar-refractivity contribution in [3.05, 3.63) is 12.2 Å². The lowest BCUT2D eigenvalue weighted by Gasteiger charge is -2.30. The van der Waals surface area contributed by atoms with Crippen LogP contribution < -0.4 is 5.32 Å². The van der Waals surface area contributed by atoms with Gasteiger partial charge in [-0.25, -0.2) is 15.0 Å². The lowest BCUT2D eigenvalue weighted by molar-refractivity contribution is -0.0887. The van der Waals surface area contributed by atoms with Crippen molar-refractivity contribution in [1.82, 2.24) is 19.5 Å². The second kappa shape index (κ2) is 5.82. The molecule has 0 spiro atoms. The van der Waals surface area contributed by atoms with E-state index in [-0.39, 0.29) is 17.0 Å². The number of hydrogen-bond donors (Lipinski definition) is 5. The Morgan fingerprint density at radius 3 is 2.60 bits per heavy atom. The summed E-state index contributed by atoms with van der Waals surface area (Å²) in [5.74, 6) is 0.550. The van der Waals surface area contributed by atoms with Crippen molar-refractivity contribution >= 4 is 27.1 Å². The number of hydrogen-bond acceptors (Lipinski definition) is 10. The molecule has 2 aromatic rings. The predicted octanol–water partition coefficient (Wildman–Crippen LogP) is -2.21. The van der Waals surface area contributed by atoms with Crippen LogP contribution in [0.15, 0.2) is 6.33 Å². The molecule has 1 aliphatic heterocycles. The maximum Gasteiger partial charge on any atom is 0.318 e. The Balaban J connectivity index is 2.34. The van der Waals surface area contributed by atoms with Crippen molar-refractivity contribution in [2.24, 2.45) is 0 Å². The Bertz CT molecular complexity index is 916. The van der Waals surface area contributed by atoms with E-state index < -0.39 is 40.1 Å². The first-order valence-corrected chi connectivity index (χ1v) is 8.63. The Hall–Kier alpha value is -1.90. The summed E-state index contributed by atoms with van der Waals surface area (Å²) in [7, 11) is -3.56. The predicted molar refractivity (Wildman–Crippen MR) is 83.1 cm³/mol. The fraction of sp³-hybridized carbons (Fsp3) is 0.583. The molecule has 3 heterocycles. The second-order valence-corrected chi connectivity index (χ2v) is 7.07. The van der Waals surface area contributed by atoms with Gasteiger partial charge in [0.1, 0.15) is 30.5 Å². The third kappa shape index (κ3) is 2.39. The molecule has 0 aromatic carbocycles. The maximum absolute atomic E-state index is 12.1. The molecule has 0 unspecified atom stereocenters. The van der Waals surface area contributed by atoms with E-state index in [0.29, 0.717) is 5.82 Å². The highest BCUT2D eigenvalue weighted by Gasteiger charge is 2.64. The number of nitrogens with zero attached hydrogens (tertiary/aromatic N) is 4. The standard InChI is InChI=1S/C12H17N5O7S/c1-5-15-10(13-2)7-11(16-5)17(4-14-7)12(25(21,22)23)9(20)8(19)6(3-18)24-12/h4,6,8-9,18-20H,3H2,1-2H3,(H,13,15,16)(H,21,22,23)/t6-,8-,9-,12+/m1/s1. The fourth-order valence-corrected chi connectivity index (χ4v) is 3.94. The van der Waals surface area contributed by atoms with Crippen LogP contribution in [0.1, 0.15) is 5.82 Å². The number of aryl methyl sites for hydroxylation is 1. The number of rotatable bonds is 4. The van der Waals surface area contributed by atoms with E-state index in [2.05, 4.69) is 20.3 Å². The molecule has 2 aromatic heterocycles. The SMILES string of the molecule is CNc1nc(C)nc2c1ncn2[C@]1(S(=O)(=O)O)O[C@H](CO)[C@@H](O)[C@H]1O. The second-order valence-electron chi connectivity index (χ2n) is 5.54. The number of imidazole rings is 1. The highest BCUT2D eigenvalue weighted by atomic mass is 32.2. The largest absolute Gasteiger partial charge is 0.394 e. The minimum atomic E-state index is -5.14.